The van der Waals surface area contributed by atoms with Crippen molar-refractivity contribution in [3.8, 4) is 0 Å². The van der Waals surface area contributed by atoms with E-state index < -0.39 is 11.4 Å². The second-order valence-corrected chi connectivity index (χ2v) is 8.72. The van der Waals surface area contributed by atoms with Crippen molar-refractivity contribution in [1.29, 1.82) is 0 Å². The van der Waals surface area contributed by atoms with Crippen molar-refractivity contribution in [3.63, 3.8) is 0 Å². The minimum atomic E-state index is -1.12. The van der Waals surface area contributed by atoms with Crippen molar-refractivity contribution in [1.82, 2.24) is 4.72 Å². The summed E-state index contributed by atoms with van der Waals surface area (Å²) in [5, 5.41) is 0. The SMILES string of the molecule is CCC(C)(C)[C@@H](N[S+]([O-])C(C)(C)C)c1ccc(C)o1. The van der Waals surface area contributed by atoms with Gasteiger partial charge < -0.3 is 8.97 Å². The maximum Gasteiger partial charge on any atom is 0.136 e. The first-order chi connectivity index (χ1) is 8.58. The standard InChI is InChI=1S/C15H27NO2S/c1-8-15(6,7)13(12-10-9-11(2)18-12)16-19(17)14(3,4)5/h9-10,13,16H,8H2,1-7H3/t13-,19?/m0/s1. The van der Waals surface area contributed by atoms with Gasteiger partial charge >= 0.3 is 0 Å². The Morgan fingerprint density at radius 1 is 1.26 bits per heavy atom. The van der Waals surface area contributed by atoms with Crippen LogP contribution in [0.5, 0.6) is 0 Å². The molecular weight excluding hydrogens is 258 g/mol. The molecule has 1 N–H and O–H groups in total. The fraction of sp³-hybridized carbons (Fsp3) is 0.733. The summed E-state index contributed by atoms with van der Waals surface area (Å²) in [6, 6.07) is 3.88. The topological polar surface area (TPSA) is 48.2 Å². The van der Waals surface area contributed by atoms with E-state index in [1.54, 1.807) is 0 Å². The minimum absolute atomic E-state index is 0.0226. The molecule has 3 nitrogen and oxygen atoms in total. The lowest BCUT2D eigenvalue weighted by Gasteiger charge is -2.35. The molecule has 1 aromatic rings. The van der Waals surface area contributed by atoms with Crippen molar-refractivity contribution in [3.05, 3.63) is 23.7 Å². The number of furan rings is 1. The van der Waals surface area contributed by atoms with E-state index in [-0.39, 0.29) is 16.2 Å². The van der Waals surface area contributed by atoms with Crippen LogP contribution in [0.15, 0.2) is 16.5 Å². The Morgan fingerprint density at radius 2 is 1.84 bits per heavy atom. The molecule has 0 aliphatic carbocycles. The summed E-state index contributed by atoms with van der Waals surface area (Å²) in [6.07, 6.45) is 0.978. The van der Waals surface area contributed by atoms with Crippen molar-refractivity contribution < 1.29 is 8.97 Å². The number of nitrogens with one attached hydrogen (secondary N) is 1. The van der Waals surface area contributed by atoms with Crippen LogP contribution < -0.4 is 4.72 Å². The minimum Gasteiger partial charge on any atom is -0.598 e. The van der Waals surface area contributed by atoms with E-state index in [1.165, 1.54) is 0 Å². The second kappa shape index (κ2) is 5.90. The van der Waals surface area contributed by atoms with Crippen molar-refractivity contribution in [2.24, 2.45) is 5.41 Å². The molecule has 0 amide bonds. The third-order valence-corrected chi connectivity index (χ3v) is 5.08. The van der Waals surface area contributed by atoms with Gasteiger partial charge in [0.15, 0.2) is 0 Å². The van der Waals surface area contributed by atoms with Crippen LogP contribution >= 0.6 is 0 Å². The van der Waals surface area contributed by atoms with Crippen LogP contribution in [0.4, 0.5) is 0 Å². The van der Waals surface area contributed by atoms with Crippen LogP contribution in [0.1, 0.15) is 65.5 Å². The smallest absolute Gasteiger partial charge is 0.136 e. The predicted molar refractivity (Wildman–Crippen MR) is 81.3 cm³/mol. The Kier molecular flexibility index (Phi) is 5.15. The Labute approximate surface area is 120 Å². The summed E-state index contributed by atoms with van der Waals surface area (Å²) >= 11 is -1.12. The van der Waals surface area contributed by atoms with E-state index in [9.17, 15) is 4.55 Å². The first kappa shape index (κ1) is 16.6. The van der Waals surface area contributed by atoms with E-state index >= 15 is 0 Å². The van der Waals surface area contributed by atoms with Crippen molar-refractivity contribution in [2.75, 3.05) is 0 Å². The molecule has 4 heteroatoms. The Balaban J connectivity index is 3.01. The monoisotopic (exact) mass is 285 g/mol. The molecule has 19 heavy (non-hydrogen) atoms. The van der Waals surface area contributed by atoms with Gasteiger partial charge in [0, 0.05) is 11.4 Å². The molecule has 0 spiro atoms. The molecule has 0 fully saturated rings. The zero-order valence-electron chi connectivity index (χ0n) is 13.2. The highest BCUT2D eigenvalue weighted by atomic mass is 32.2. The molecular formula is C15H27NO2S. The molecule has 110 valence electrons. The largest absolute Gasteiger partial charge is 0.598 e. The van der Waals surface area contributed by atoms with Gasteiger partial charge in [-0.1, -0.05) is 20.8 Å². The highest BCUT2D eigenvalue weighted by Crippen LogP contribution is 2.38. The van der Waals surface area contributed by atoms with Crippen LogP contribution in [0.3, 0.4) is 0 Å². The van der Waals surface area contributed by atoms with Gasteiger partial charge in [-0.3, -0.25) is 0 Å². The number of hydrogen-bond donors (Lipinski definition) is 1. The van der Waals surface area contributed by atoms with E-state index in [1.807, 2.05) is 39.8 Å². The Hall–Kier alpha value is -0.450. The summed E-state index contributed by atoms with van der Waals surface area (Å²) in [5.74, 6) is 1.75. The van der Waals surface area contributed by atoms with Gasteiger partial charge in [0.25, 0.3) is 0 Å². The molecule has 1 rings (SSSR count). The summed E-state index contributed by atoms with van der Waals surface area (Å²) in [5.41, 5.74) is -0.0226. The molecule has 0 bridgehead atoms. The van der Waals surface area contributed by atoms with Crippen LogP contribution in [-0.2, 0) is 11.4 Å². The number of aryl methyl sites for hydroxylation is 1. The molecule has 0 saturated heterocycles. The molecule has 1 aromatic heterocycles. The van der Waals surface area contributed by atoms with Gasteiger partial charge in [0.1, 0.15) is 22.3 Å². The molecule has 1 heterocycles. The first-order valence-corrected chi connectivity index (χ1v) is 7.97. The molecule has 0 aliphatic heterocycles. The Morgan fingerprint density at radius 3 is 2.21 bits per heavy atom. The molecule has 0 aliphatic rings. The van der Waals surface area contributed by atoms with Gasteiger partial charge in [-0.15, -0.1) is 4.72 Å². The molecule has 0 aromatic carbocycles. The van der Waals surface area contributed by atoms with E-state index in [2.05, 4.69) is 25.5 Å². The lowest BCUT2D eigenvalue weighted by Crippen LogP contribution is -2.45. The van der Waals surface area contributed by atoms with Gasteiger partial charge in [-0.05, 0) is 51.7 Å². The fourth-order valence-corrected chi connectivity index (χ4v) is 2.70. The average molecular weight is 285 g/mol. The first-order valence-electron chi connectivity index (χ1n) is 6.82. The van der Waals surface area contributed by atoms with Gasteiger partial charge in [0.05, 0.1) is 0 Å². The van der Waals surface area contributed by atoms with Crippen molar-refractivity contribution in [2.45, 2.75) is 65.7 Å². The van der Waals surface area contributed by atoms with Gasteiger partial charge in [-0.25, -0.2) is 0 Å². The molecule has 2 atom stereocenters. The summed E-state index contributed by atoms with van der Waals surface area (Å²) < 4.78 is 21.1. The number of hydrogen-bond acceptors (Lipinski definition) is 3. The summed E-state index contributed by atoms with van der Waals surface area (Å²) in [6.45, 7) is 14.3. The Bertz CT molecular complexity index is 407. The zero-order valence-corrected chi connectivity index (χ0v) is 14.0. The highest BCUT2D eigenvalue weighted by Gasteiger charge is 2.38. The van der Waals surface area contributed by atoms with Crippen LogP contribution in [0.2, 0.25) is 0 Å². The third-order valence-electron chi connectivity index (χ3n) is 3.52. The van der Waals surface area contributed by atoms with Crippen LogP contribution in [-0.4, -0.2) is 9.30 Å². The predicted octanol–water partition coefficient (Wildman–Crippen LogP) is 4.12. The third kappa shape index (κ3) is 4.26. The summed E-state index contributed by atoms with van der Waals surface area (Å²) in [7, 11) is 0. The highest BCUT2D eigenvalue weighted by molar-refractivity contribution is 7.90. The van der Waals surface area contributed by atoms with E-state index in [0.29, 0.717) is 0 Å². The summed E-state index contributed by atoms with van der Waals surface area (Å²) in [4.78, 5) is 0. The lowest BCUT2D eigenvalue weighted by atomic mass is 9.81. The molecule has 0 saturated carbocycles. The van der Waals surface area contributed by atoms with E-state index in [4.69, 9.17) is 4.42 Å². The maximum atomic E-state index is 12.4. The lowest BCUT2D eigenvalue weighted by molar-refractivity contribution is 0.227. The van der Waals surface area contributed by atoms with Crippen molar-refractivity contribution >= 4 is 11.4 Å². The van der Waals surface area contributed by atoms with Crippen LogP contribution in [0.25, 0.3) is 0 Å². The van der Waals surface area contributed by atoms with Crippen LogP contribution in [0, 0.1) is 12.3 Å². The average Bonchev–Trinajstić information content (AvgIpc) is 2.70. The quantitative estimate of drug-likeness (QED) is 0.828. The van der Waals surface area contributed by atoms with Gasteiger partial charge in [0.2, 0.25) is 0 Å². The molecule has 0 radical (unpaired) electrons. The fourth-order valence-electron chi connectivity index (χ4n) is 1.70. The zero-order chi connectivity index (χ0) is 14.8. The second-order valence-electron chi connectivity index (χ2n) is 6.72. The normalized spacial score (nSPS) is 16.4. The maximum absolute atomic E-state index is 12.4. The molecule has 1 unspecified atom stereocenters. The van der Waals surface area contributed by atoms with Gasteiger partial charge in [-0.2, -0.15) is 0 Å². The van der Waals surface area contributed by atoms with E-state index in [0.717, 1.165) is 17.9 Å². The number of rotatable bonds is 5.